The van der Waals surface area contributed by atoms with Gasteiger partial charge < -0.3 is 10.0 Å². The van der Waals surface area contributed by atoms with Gasteiger partial charge in [0.1, 0.15) is 5.82 Å². The Morgan fingerprint density at radius 3 is 2.80 bits per heavy atom. The number of nitrogens with zero attached hydrogens (tertiary/aromatic N) is 2. The third-order valence-electron chi connectivity index (χ3n) is 4.04. The minimum absolute atomic E-state index is 0.440. The van der Waals surface area contributed by atoms with E-state index in [-0.39, 0.29) is 0 Å². The van der Waals surface area contributed by atoms with E-state index in [1.807, 2.05) is 12.1 Å². The lowest BCUT2D eigenvalue weighted by Crippen LogP contribution is -2.20. The van der Waals surface area contributed by atoms with E-state index < -0.39 is 6.10 Å². The summed E-state index contributed by atoms with van der Waals surface area (Å²) in [7, 11) is 0. The molecule has 1 aromatic heterocycles. The van der Waals surface area contributed by atoms with Crippen LogP contribution < -0.4 is 4.90 Å². The number of anilines is 1. The highest BCUT2D eigenvalue weighted by Gasteiger charge is 2.24. The maximum atomic E-state index is 9.67. The van der Waals surface area contributed by atoms with Gasteiger partial charge in [0.25, 0.3) is 0 Å². The van der Waals surface area contributed by atoms with Gasteiger partial charge in [-0.1, -0.05) is 30.3 Å². The Morgan fingerprint density at radius 1 is 1.25 bits per heavy atom. The predicted octanol–water partition coefficient (Wildman–Crippen LogP) is 3.13. The predicted molar refractivity (Wildman–Crippen MR) is 80.9 cm³/mol. The Bertz CT molecular complexity index is 568. The fraction of sp³-hybridized carbons (Fsp3) is 0.353. The first kappa shape index (κ1) is 13.1. The normalized spacial score (nSPS) is 20.1. The van der Waals surface area contributed by atoms with Crippen molar-refractivity contribution < 1.29 is 5.11 Å². The molecule has 1 saturated heterocycles. The van der Waals surface area contributed by atoms with Crippen molar-refractivity contribution in [3.8, 4) is 0 Å². The number of hydrogen-bond acceptors (Lipinski definition) is 3. The molecule has 1 aromatic carbocycles. The molecule has 2 atom stereocenters. The van der Waals surface area contributed by atoms with E-state index >= 15 is 0 Å². The maximum absolute atomic E-state index is 9.67. The molecule has 1 aliphatic heterocycles. The summed E-state index contributed by atoms with van der Waals surface area (Å²) in [6, 6.07) is 14.5. The standard InChI is InChI=1S/C17H20N2O/c1-13(20)15-7-9-18-17(11-15)19-10-8-16(12-19)14-5-3-2-4-6-14/h2-7,9,11,13,16,20H,8,10,12H2,1H3/t13-,16?/m1/s1. The molecule has 0 radical (unpaired) electrons. The van der Waals surface area contributed by atoms with Gasteiger partial charge in [-0.25, -0.2) is 4.98 Å². The first-order valence-electron chi connectivity index (χ1n) is 7.18. The summed E-state index contributed by atoms with van der Waals surface area (Å²) in [5, 5.41) is 9.67. The average molecular weight is 268 g/mol. The van der Waals surface area contributed by atoms with Crippen molar-refractivity contribution in [2.24, 2.45) is 0 Å². The van der Waals surface area contributed by atoms with Crippen LogP contribution in [0.2, 0.25) is 0 Å². The molecule has 1 aliphatic rings. The first-order chi connectivity index (χ1) is 9.74. The fourth-order valence-corrected chi connectivity index (χ4v) is 2.83. The van der Waals surface area contributed by atoms with Crippen LogP contribution in [0.3, 0.4) is 0 Å². The lowest BCUT2D eigenvalue weighted by Gasteiger charge is -2.19. The van der Waals surface area contributed by atoms with Crippen LogP contribution in [0.15, 0.2) is 48.7 Å². The molecule has 2 heterocycles. The molecule has 0 bridgehead atoms. The topological polar surface area (TPSA) is 36.4 Å². The van der Waals surface area contributed by atoms with Crippen molar-refractivity contribution >= 4 is 5.82 Å². The molecule has 3 heteroatoms. The maximum Gasteiger partial charge on any atom is 0.128 e. The largest absolute Gasteiger partial charge is 0.389 e. The molecule has 2 aromatic rings. The lowest BCUT2D eigenvalue weighted by atomic mass is 9.99. The zero-order valence-electron chi connectivity index (χ0n) is 11.7. The van der Waals surface area contributed by atoms with Crippen LogP contribution in [0, 0.1) is 0 Å². The van der Waals surface area contributed by atoms with E-state index in [9.17, 15) is 5.11 Å². The molecule has 20 heavy (non-hydrogen) atoms. The van der Waals surface area contributed by atoms with Gasteiger partial charge in [0.15, 0.2) is 0 Å². The molecule has 0 saturated carbocycles. The third-order valence-corrected chi connectivity index (χ3v) is 4.04. The van der Waals surface area contributed by atoms with Gasteiger partial charge in [0.2, 0.25) is 0 Å². The van der Waals surface area contributed by atoms with Crippen molar-refractivity contribution in [3.05, 3.63) is 59.8 Å². The highest BCUT2D eigenvalue weighted by atomic mass is 16.3. The average Bonchev–Trinajstić information content (AvgIpc) is 2.98. The van der Waals surface area contributed by atoms with Crippen molar-refractivity contribution in [3.63, 3.8) is 0 Å². The van der Waals surface area contributed by atoms with Crippen LogP contribution in [0.1, 0.15) is 36.5 Å². The summed E-state index contributed by atoms with van der Waals surface area (Å²) >= 11 is 0. The number of rotatable bonds is 3. The number of aliphatic hydroxyl groups excluding tert-OH is 1. The van der Waals surface area contributed by atoms with E-state index in [2.05, 4.69) is 40.2 Å². The molecular weight excluding hydrogens is 248 g/mol. The minimum atomic E-state index is -0.440. The monoisotopic (exact) mass is 268 g/mol. The van der Waals surface area contributed by atoms with Crippen LogP contribution >= 0.6 is 0 Å². The summed E-state index contributed by atoms with van der Waals surface area (Å²) in [5.41, 5.74) is 2.33. The number of pyridine rings is 1. The summed E-state index contributed by atoms with van der Waals surface area (Å²) in [6.45, 7) is 3.81. The van der Waals surface area contributed by atoms with Crippen LogP contribution in [0.5, 0.6) is 0 Å². The molecular formula is C17H20N2O. The molecule has 0 amide bonds. The molecule has 104 valence electrons. The zero-order valence-corrected chi connectivity index (χ0v) is 11.7. The SMILES string of the molecule is C[C@@H](O)c1ccnc(N2CCC(c3ccccc3)C2)c1. The molecule has 1 unspecified atom stereocenters. The molecule has 3 nitrogen and oxygen atoms in total. The molecule has 0 aliphatic carbocycles. The first-order valence-corrected chi connectivity index (χ1v) is 7.18. The van der Waals surface area contributed by atoms with Crippen molar-refractivity contribution in [1.82, 2.24) is 4.98 Å². The van der Waals surface area contributed by atoms with Crippen molar-refractivity contribution in [2.45, 2.75) is 25.4 Å². The Balaban J connectivity index is 1.76. The van der Waals surface area contributed by atoms with E-state index in [1.165, 1.54) is 5.56 Å². The van der Waals surface area contributed by atoms with Gasteiger partial charge in [0.05, 0.1) is 6.10 Å². The molecule has 0 spiro atoms. The van der Waals surface area contributed by atoms with Gasteiger partial charge in [-0.2, -0.15) is 0 Å². The van der Waals surface area contributed by atoms with Crippen LogP contribution in [-0.2, 0) is 0 Å². The molecule has 3 rings (SSSR count). The van der Waals surface area contributed by atoms with E-state index in [0.717, 1.165) is 30.9 Å². The number of hydrogen-bond donors (Lipinski definition) is 1. The minimum Gasteiger partial charge on any atom is -0.389 e. The summed E-state index contributed by atoms with van der Waals surface area (Å²) in [4.78, 5) is 6.76. The Morgan fingerprint density at radius 2 is 2.05 bits per heavy atom. The third kappa shape index (κ3) is 2.68. The highest BCUT2D eigenvalue weighted by Crippen LogP contribution is 2.30. The van der Waals surface area contributed by atoms with E-state index in [4.69, 9.17) is 0 Å². The Kier molecular flexibility index (Phi) is 3.70. The number of benzene rings is 1. The van der Waals surface area contributed by atoms with Crippen LogP contribution in [0.25, 0.3) is 0 Å². The van der Waals surface area contributed by atoms with Crippen LogP contribution in [-0.4, -0.2) is 23.2 Å². The van der Waals surface area contributed by atoms with Crippen molar-refractivity contribution in [2.75, 3.05) is 18.0 Å². The highest BCUT2D eigenvalue weighted by molar-refractivity contribution is 5.44. The number of aliphatic hydroxyl groups is 1. The van der Waals surface area contributed by atoms with E-state index in [1.54, 1.807) is 13.1 Å². The van der Waals surface area contributed by atoms with E-state index in [0.29, 0.717) is 5.92 Å². The van der Waals surface area contributed by atoms with Crippen molar-refractivity contribution in [1.29, 1.82) is 0 Å². The summed E-state index contributed by atoms with van der Waals surface area (Å²) < 4.78 is 0. The lowest BCUT2D eigenvalue weighted by molar-refractivity contribution is 0.199. The Hall–Kier alpha value is -1.87. The van der Waals surface area contributed by atoms with Gasteiger partial charge in [0, 0.05) is 25.2 Å². The van der Waals surface area contributed by atoms with Gasteiger partial charge in [-0.15, -0.1) is 0 Å². The number of aromatic nitrogens is 1. The zero-order chi connectivity index (χ0) is 13.9. The second-order valence-electron chi connectivity index (χ2n) is 5.47. The van der Waals surface area contributed by atoms with Crippen LogP contribution in [0.4, 0.5) is 5.82 Å². The smallest absolute Gasteiger partial charge is 0.128 e. The Labute approximate surface area is 119 Å². The fourth-order valence-electron chi connectivity index (χ4n) is 2.83. The summed E-state index contributed by atoms with van der Waals surface area (Å²) in [6.07, 6.45) is 2.50. The summed E-state index contributed by atoms with van der Waals surface area (Å²) in [5.74, 6) is 1.55. The van der Waals surface area contributed by atoms with Gasteiger partial charge >= 0.3 is 0 Å². The molecule has 1 N–H and O–H groups in total. The quantitative estimate of drug-likeness (QED) is 0.929. The molecule has 1 fully saturated rings. The second-order valence-corrected chi connectivity index (χ2v) is 5.47. The van der Waals surface area contributed by atoms with Gasteiger partial charge in [-0.3, -0.25) is 0 Å². The second kappa shape index (κ2) is 5.63. The van der Waals surface area contributed by atoms with Gasteiger partial charge in [-0.05, 0) is 36.6 Å².